The highest BCUT2D eigenvalue weighted by Crippen LogP contribution is 2.28. The largest absolute Gasteiger partial charge is 0.508 e. The van der Waals surface area contributed by atoms with Crippen LogP contribution in [0.25, 0.3) is 0 Å². The van der Waals surface area contributed by atoms with Gasteiger partial charge in [-0.3, -0.25) is 4.98 Å². The molecule has 0 unspecified atom stereocenters. The average molecular weight is 272 g/mol. The van der Waals surface area contributed by atoms with E-state index in [4.69, 9.17) is 0 Å². The standard InChI is InChI=1S/C15H16N2O3/c1-2-10-7-12(15(19)9-14(10)18)13(17-20)8-11-5-3-4-6-16-11/h3-7,9,18-20H,2,8H2,1H3. The Balaban J connectivity index is 2.38. The Hall–Kier alpha value is -2.56. The number of rotatable bonds is 4. The number of hydrogen-bond acceptors (Lipinski definition) is 5. The molecule has 0 aliphatic rings. The zero-order chi connectivity index (χ0) is 14.5. The van der Waals surface area contributed by atoms with Crippen LogP contribution in [0, 0.1) is 0 Å². The van der Waals surface area contributed by atoms with Gasteiger partial charge in [-0.15, -0.1) is 0 Å². The lowest BCUT2D eigenvalue weighted by Crippen LogP contribution is -2.08. The van der Waals surface area contributed by atoms with Crippen LogP contribution in [0.4, 0.5) is 0 Å². The number of aromatic nitrogens is 1. The minimum atomic E-state index is -0.122. The van der Waals surface area contributed by atoms with Gasteiger partial charge in [0, 0.05) is 29.9 Å². The Kier molecular flexibility index (Phi) is 4.20. The van der Waals surface area contributed by atoms with Crippen LogP contribution < -0.4 is 0 Å². The van der Waals surface area contributed by atoms with Crippen LogP contribution in [-0.4, -0.2) is 26.1 Å². The van der Waals surface area contributed by atoms with E-state index >= 15 is 0 Å². The maximum Gasteiger partial charge on any atom is 0.128 e. The lowest BCUT2D eigenvalue weighted by molar-refractivity contribution is 0.318. The first-order chi connectivity index (χ1) is 9.65. The topological polar surface area (TPSA) is 85.9 Å². The highest BCUT2D eigenvalue weighted by atomic mass is 16.4. The third-order valence-electron chi connectivity index (χ3n) is 3.08. The van der Waals surface area contributed by atoms with Crippen LogP contribution in [0.5, 0.6) is 11.5 Å². The Labute approximate surface area is 116 Å². The molecule has 2 aromatic rings. The first kappa shape index (κ1) is 13.9. The number of nitrogens with zero attached hydrogens (tertiary/aromatic N) is 2. The third kappa shape index (κ3) is 2.88. The van der Waals surface area contributed by atoms with E-state index in [-0.39, 0.29) is 11.5 Å². The van der Waals surface area contributed by atoms with E-state index in [1.165, 1.54) is 6.07 Å². The first-order valence-corrected chi connectivity index (χ1v) is 6.31. The lowest BCUT2D eigenvalue weighted by Gasteiger charge is -2.10. The van der Waals surface area contributed by atoms with Gasteiger partial charge in [0.2, 0.25) is 0 Å². The van der Waals surface area contributed by atoms with Crippen molar-refractivity contribution in [2.75, 3.05) is 0 Å². The van der Waals surface area contributed by atoms with Crippen molar-refractivity contribution in [3.05, 3.63) is 53.3 Å². The van der Waals surface area contributed by atoms with E-state index < -0.39 is 0 Å². The monoisotopic (exact) mass is 272 g/mol. The second-order valence-electron chi connectivity index (χ2n) is 4.40. The second kappa shape index (κ2) is 6.06. The van der Waals surface area contributed by atoms with Crippen LogP contribution >= 0.6 is 0 Å². The molecule has 2 rings (SSSR count). The van der Waals surface area contributed by atoms with Crippen molar-refractivity contribution in [1.29, 1.82) is 0 Å². The van der Waals surface area contributed by atoms with Crippen LogP contribution in [0.1, 0.15) is 23.7 Å². The predicted molar refractivity (Wildman–Crippen MR) is 75.4 cm³/mol. The van der Waals surface area contributed by atoms with Gasteiger partial charge in [-0.05, 0) is 30.2 Å². The van der Waals surface area contributed by atoms with Crippen LogP contribution in [-0.2, 0) is 12.8 Å². The molecule has 0 saturated heterocycles. The van der Waals surface area contributed by atoms with E-state index in [9.17, 15) is 15.4 Å². The molecule has 0 fully saturated rings. The maximum atomic E-state index is 9.92. The SMILES string of the molecule is CCc1cc(C(Cc2ccccn2)=NO)c(O)cc1O. The summed E-state index contributed by atoms with van der Waals surface area (Å²) in [5.74, 6) is -0.0905. The van der Waals surface area contributed by atoms with Crippen molar-refractivity contribution in [3.8, 4) is 11.5 Å². The summed E-state index contributed by atoms with van der Waals surface area (Å²) in [5.41, 5.74) is 2.11. The van der Waals surface area contributed by atoms with Gasteiger partial charge in [-0.25, -0.2) is 0 Å². The summed E-state index contributed by atoms with van der Waals surface area (Å²) in [5, 5.41) is 32.0. The molecule has 1 aromatic heterocycles. The van der Waals surface area contributed by atoms with Gasteiger partial charge in [0.15, 0.2) is 0 Å². The van der Waals surface area contributed by atoms with Crippen LogP contribution in [0.2, 0.25) is 0 Å². The van der Waals surface area contributed by atoms with E-state index in [1.807, 2.05) is 19.1 Å². The van der Waals surface area contributed by atoms with Crippen molar-refractivity contribution >= 4 is 5.71 Å². The van der Waals surface area contributed by atoms with Crippen molar-refractivity contribution in [2.24, 2.45) is 5.16 Å². The molecule has 104 valence electrons. The fraction of sp³-hybridized carbons (Fsp3) is 0.200. The van der Waals surface area contributed by atoms with Gasteiger partial charge in [0.1, 0.15) is 11.5 Å². The number of aryl methyl sites for hydroxylation is 1. The summed E-state index contributed by atoms with van der Waals surface area (Å²) in [6, 6.07) is 8.34. The molecule has 20 heavy (non-hydrogen) atoms. The molecule has 0 aliphatic heterocycles. The van der Waals surface area contributed by atoms with Crippen molar-refractivity contribution in [1.82, 2.24) is 4.98 Å². The molecule has 0 aliphatic carbocycles. The number of hydrogen-bond donors (Lipinski definition) is 3. The number of aromatic hydroxyl groups is 2. The molecule has 0 spiro atoms. The number of benzene rings is 1. The van der Waals surface area contributed by atoms with E-state index in [2.05, 4.69) is 10.1 Å². The van der Waals surface area contributed by atoms with E-state index in [1.54, 1.807) is 18.3 Å². The number of oxime groups is 1. The Morgan fingerprint density at radius 2 is 2.00 bits per heavy atom. The number of phenolic OH excluding ortho intramolecular Hbond substituents is 2. The van der Waals surface area contributed by atoms with Gasteiger partial charge >= 0.3 is 0 Å². The fourth-order valence-corrected chi connectivity index (χ4v) is 2.00. The summed E-state index contributed by atoms with van der Waals surface area (Å²) in [7, 11) is 0. The summed E-state index contributed by atoms with van der Waals surface area (Å²) >= 11 is 0. The summed E-state index contributed by atoms with van der Waals surface area (Å²) in [6.07, 6.45) is 2.55. The molecule has 0 bridgehead atoms. The smallest absolute Gasteiger partial charge is 0.128 e. The van der Waals surface area contributed by atoms with Crippen LogP contribution in [0.15, 0.2) is 41.7 Å². The maximum absolute atomic E-state index is 9.92. The molecule has 1 heterocycles. The summed E-state index contributed by atoms with van der Waals surface area (Å²) < 4.78 is 0. The molecule has 0 radical (unpaired) electrons. The minimum absolute atomic E-state index is 0.0314. The molecule has 0 amide bonds. The molecule has 5 nitrogen and oxygen atoms in total. The number of pyridine rings is 1. The number of phenols is 2. The molecule has 3 N–H and O–H groups in total. The Morgan fingerprint density at radius 3 is 2.60 bits per heavy atom. The van der Waals surface area contributed by atoms with Crippen LogP contribution in [0.3, 0.4) is 0 Å². The normalized spacial score (nSPS) is 11.6. The minimum Gasteiger partial charge on any atom is -0.508 e. The molecule has 0 saturated carbocycles. The zero-order valence-electron chi connectivity index (χ0n) is 11.1. The molecule has 0 atom stereocenters. The second-order valence-corrected chi connectivity index (χ2v) is 4.40. The molecule has 5 heteroatoms. The van der Waals surface area contributed by atoms with Gasteiger partial charge in [-0.2, -0.15) is 0 Å². The Morgan fingerprint density at radius 1 is 1.20 bits per heavy atom. The lowest BCUT2D eigenvalue weighted by atomic mass is 10.00. The van der Waals surface area contributed by atoms with Crippen molar-refractivity contribution in [2.45, 2.75) is 19.8 Å². The quantitative estimate of drug-likeness (QED) is 0.453. The van der Waals surface area contributed by atoms with Gasteiger partial charge in [0.25, 0.3) is 0 Å². The highest BCUT2D eigenvalue weighted by Gasteiger charge is 2.14. The molecular formula is C15H16N2O3. The van der Waals surface area contributed by atoms with E-state index in [0.29, 0.717) is 29.7 Å². The summed E-state index contributed by atoms with van der Waals surface area (Å²) in [6.45, 7) is 1.89. The van der Waals surface area contributed by atoms with Crippen molar-refractivity contribution in [3.63, 3.8) is 0 Å². The van der Waals surface area contributed by atoms with Crippen molar-refractivity contribution < 1.29 is 15.4 Å². The molecule has 1 aromatic carbocycles. The summed E-state index contributed by atoms with van der Waals surface area (Å²) in [4.78, 5) is 4.16. The van der Waals surface area contributed by atoms with Gasteiger partial charge in [-0.1, -0.05) is 18.1 Å². The first-order valence-electron chi connectivity index (χ1n) is 6.31. The third-order valence-corrected chi connectivity index (χ3v) is 3.08. The highest BCUT2D eigenvalue weighted by molar-refractivity contribution is 6.03. The fourth-order valence-electron chi connectivity index (χ4n) is 2.00. The van der Waals surface area contributed by atoms with Gasteiger partial charge < -0.3 is 15.4 Å². The Bertz CT molecular complexity index is 625. The predicted octanol–water partition coefficient (Wildman–Crippen LogP) is 2.48. The molecular weight excluding hydrogens is 256 g/mol. The van der Waals surface area contributed by atoms with Gasteiger partial charge in [0.05, 0.1) is 5.71 Å². The van der Waals surface area contributed by atoms with E-state index in [0.717, 1.165) is 5.69 Å². The zero-order valence-corrected chi connectivity index (χ0v) is 11.1. The average Bonchev–Trinajstić information content (AvgIpc) is 2.46.